The summed E-state index contributed by atoms with van der Waals surface area (Å²) in [6, 6.07) is 8.00. The van der Waals surface area contributed by atoms with Crippen LogP contribution in [0.4, 0.5) is 4.39 Å². The summed E-state index contributed by atoms with van der Waals surface area (Å²) in [6.07, 6.45) is 2.45. The number of carbonyl (C=O) groups excluding carboxylic acids is 1. The van der Waals surface area contributed by atoms with Crippen LogP contribution in [0, 0.1) is 11.7 Å². The lowest BCUT2D eigenvalue weighted by molar-refractivity contribution is -0.121. The third-order valence-electron chi connectivity index (χ3n) is 4.95. The summed E-state index contributed by atoms with van der Waals surface area (Å²) in [5, 5.41) is 10.4. The van der Waals surface area contributed by atoms with Crippen molar-refractivity contribution in [2.75, 3.05) is 13.6 Å². The molecule has 0 spiro atoms. The lowest BCUT2D eigenvalue weighted by Gasteiger charge is -2.17. The Bertz CT molecular complexity index is 806. The molecule has 2 rings (SSSR count). The first-order chi connectivity index (χ1) is 14.0. The van der Waals surface area contributed by atoms with Gasteiger partial charge in [0.2, 0.25) is 5.91 Å². The number of aliphatic imine (C=N–C) groups is 1. The van der Waals surface area contributed by atoms with Crippen molar-refractivity contribution in [3.8, 4) is 0 Å². The summed E-state index contributed by atoms with van der Waals surface area (Å²) in [4.78, 5) is 16.0. The number of benzene rings is 1. The van der Waals surface area contributed by atoms with Crippen LogP contribution in [-0.2, 0) is 17.8 Å². The van der Waals surface area contributed by atoms with Gasteiger partial charge in [0, 0.05) is 25.6 Å². The standard InChI is InChI=1S/C21H30FN5O2.HI/c1-4-15(5-2)19-11-18(29-27-19)13-26-21(24-3)25-12-16(20(23)28)10-14-6-8-17(22)9-7-14;/h6-9,11,15-16H,4-5,10,12-13H2,1-3H3,(H2,23,28)(H2,24,25,26);1H. The first kappa shape index (κ1) is 25.9. The fourth-order valence-corrected chi connectivity index (χ4v) is 3.10. The minimum absolute atomic E-state index is 0. The highest BCUT2D eigenvalue weighted by molar-refractivity contribution is 14.0. The average Bonchev–Trinajstić information content (AvgIpc) is 3.18. The van der Waals surface area contributed by atoms with Crippen molar-refractivity contribution in [2.24, 2.45) is 16.6 Å². The SMILES string of the molecule is CCC(CC)c1cc(CNC(=NC)NCC(Cc2ccc(F)cc2)C(N)=O)on1.I. The van der Waals surface area contributed by atoms with Crippen LogP contribution in [0.5, 0.6) is 0 Å². The quantitative estimate of drug-likeness (QED) is 0.248. The number of halogens is 2. The van der Waals surface area contributed by atoms with Crippen molar-refractivity contribution < 1.29 is 13.7 Å². The summed E-state index contributed by atoms with van der Waals surface area (Å²) in [5.41, 5.74) is 7.33. The molecule has 9 heteroatoms. The van der Waals surface area contributed by atoms with E-state index >= 15 is 0 Å². The van der Waals surface area contributed by atoms with Crippen molar-refractivity contribution in [3.63, 3.8) is 0 Å². The Balaban J connectivity index is 0.00000450. The number of rotatable bonds is 10. The molecule has 0 aliphatic heterocycles. The molecule has 0 aliphatic rings. The van der Waals surface area contributed by atoms with Gasteiger partial charge < -0.3 is 20.9 Å². The van der Waals surface area contributed by atoms with E-state index in [0.29, 0.717) is 37.1 Å². The van der Waals surface area contributed by atoms with Crippen molar-refractivity contribution in [1.82, 2.24) is 15.8 Å². The number of amides is 1. The molecular formula is C21H31FIN5O2. The lowest BCUT2D eigenvalue weighted by Crippen LogP contribution is -2.42. The molecule has 0 fully saturated rings. The number of guanidine groups is 1. The summed E-state index contributed by atoms with van der Waals surface area (Å²) < 4.78 is 18.4. The van der Waals surface area contributed by atoms with Crippen molar-refractivity contribution in [3.05, 3.63) is 53.2 Å². The topological polar surface area (TPSA) is 106 Å². The smallest absolute Gasteiger partial charge is 0.222 e. The molecule has 2 aromatic rings. The molecule has 0 saturated heterocycles. The normalized spacial score (nSPS) is 12.4. The van der Waals surface area contributed by atoms with Crippen molar-refractivity contribution >= 4 is 35.8 Å². The second-order valence-corrected chi connectivity index (χ2v) is 6.97. The molecule has 0 aliphatic carbocycles. The van der Waals surface area contributed by atoms with Crippen LogP contribution in [0.15, 0.2) is 39.8 Å². The highest BCUT2D eigenvalue weighted by Gasteiger charge is 2.17. The summed E-state index contributed by atoms with van der Waals surface area (Å²) in [6.45, 7) is 5.00. The number of hydrogen-bond acceptors (Lipinski definition) is 4. The average molecular weight is 531 g/mol. The maximum Gasteiger partial charge on any atom is 0.222 e. The Labute approximate surface area is 194 Å². The lowest BCUT2D eigenvalue weighted by atomic mass is 9.98. The fraction of sp³-hybridized carbons (Fsp3) is 0.476. The van der Waals surface area contributed by atoms with Crippen LogP contribution in [0.3, 0.4) is 0 Å². The maximum absolute atomic E-state index is 13.1. The molecule has 0 radical (unpaired) electrons. The number of carbonyl (C=O) groups is 1. The Kier molecular flexibility index (Phi) is 11.4. The largest absolute Gasteiger partial charge is 0.369 e. The van der Waals surface area contributed by atoms with Gasteiger partial charge in [-0.25, -0.2) is 4.39 Å². The molecular weight excluding hydrogens is 500 g/mol. The first-order valence-corrected chi connectivity index (χ1v) is 9.90. The van der Waals surface area contributed by atoms with Gasteiger partial charge in [-0.2, -0.15) is 0 Å². The third kappa shape index (κ3) is 7.92. The van der Waals surface area contributed by atoms with Crippen LogP contribution in [0.25, 0.3) is 0 Å². The molecule has 166 valence electrons. The predicted molar refractivity (Wildman–Crippen MR) is 126 cm³/mol. The second-order valence-electron chi connectivity index (χ2n) is 6.97. The monoisotopic (exact) mass is 531 g/mol. The minimum Gasteiger partial charge on any atom is -0.369 e. The number of primary amides is 1. The van der Waals surface area contributed by atoms with Crippen molar-refractivity contribution in [1.29, 1.82) is 0 Å². The zero-order valence-corrected chi connectivity index (χ0v) is 20.0. The molecule has 1 amide bonds. The van der Waals surface area contributed by atoms with Gasteiger partial charge in [-0.15, -0.1) is 24.0 Å². The Morgan fingerprint density at radius 3 is 2.47 bits per heavy atom. The van der Waals surface area contributed by atoms with E-state index in [1.54, 1.807) is 19.2 Å². The molecule has 1 aromatic carbocycles. The van der Waals surface area contributed by atoms with Crippen LogP contribution in [0.2, 0.25) is 0 Å². The predicted octanol–water partition coefficient (Wildman–Crippen LogP) is 3.34. The molecule has 7 nitrogen and oxygen atoms in total. The Morgan fingerprint density at radius 1 is 1.23 bits per heavy atom. The van der Waals surface area contributed by atoms with E-state index < -0.39 is 11.8 Å². The molecule has 1 aromatic heterocycles. The molecule has 30 heavy (non-hydrogen) atoms. The number of nitrogens with one attached hydrogen (secondary N) is 2. The minimum atomic E-state index is -0.453. The van der Waals surface area contributed by atoms with Crippen LogP contribution in [0.1, 0.15) is 49.6 Å². The van der Waals surface area contributed by atoms with Gasteiger partial charge in [0.25, 0.3) is 0 Å². The first-order valence-electron chi connectivity index (χ1n) is 9.90. The Morgan fingerprint density at radius 2 is 1.90 bits per heavy atom. The van der Waals surface area contributed by atoms with Crippen molar-refractivity contribution in [2.45, 2.75) is 45.6 Å². The van der Waals surface area contributed by atoms with Crippen LogP contribution < -0.4 is 16.4 Å². The molecule has 1 atom stereocenters. The zero-order chi connectivity index (χ0) is 21.2. The number of nitrogens with two attached hydrogens (primary N) is 1. The van der Waals surface area contributed by atoms with E-state index in [2.05, 4.69) is 34.6 Å². The highest BCUT2D eigenvalue weighted by Crippen LogP contribution is 2.22. The number of aromatic nitrogens is 1. The summed E-state index contributed by atoms with van der Waals surface area (Å²) in [7, 11) is 1.64. The van der Waals surface area contributed by atoms with Gasteiger partial charge in [0.1, 0.15) is 5.82 Å². The molecule has 4 N–H and O–H groups in total. The number of hydrogen-bond donors (Lipinski definition) is 3. The van der Waals surface area contributed by atoms with E-state index in [1.165, 1.54) is 12.1 Å². The van der Waals surface area contributed by atoms with E-state index in [9.17, 15) is 9.18 Å². The van der Waals surface area contributed by atoms with Gasteiger partial charge >= 0.3 is 0 Å². The highest BCUT2D eigenvalue weighted by atomic mass is 127. The van der Waals surface area contributed by atoms with Crippen LogP contribution >= 0.6 is 24.0 Å². The zero-order valence-electron chi connectivity index (χ0n) is 17.7. The maximum atomic E-state index is 13.1. The molecule has 1 unspecified atom stereocenters. The van der Waals surface area contributed by atoms with Gasteiger partial charge in [0.15, 0.2) is 11.7 Å². The summed E-state index contributed by atoms with van der Waals surface area (Å²) in [5.74, 6) is 0.441. The molecule has 0 saturated carbocycles. The van der Waals surface area contributed by atoms with Gasteiger partial charge in [-0.1, -0.05) is 31.1 Å². The molecule has 1 heterocycles. The van der Waals surface area contributed by atoms with Crippen LogP contribution in [-0.4, -0.2) is 30.6 Å². The molecule has 0 bridgehead atoms. The van der Waals surface area contributed by atoms with E-state index in [1.807, 2.05) is 6.07 Å². The van der Waals surface area contributed by atoms with E-state index in [4.69, 9.17) is 10.3 Å². The second kappa shape index (κ2) is 13.2. The number of nitrogens with zero attached hydrogens (tertiary/aromatic N) is 2. The third-order valence-corrected chi connectivity index (χ3v) is 4.95. The Hall–Kier alpha value is -2.17. The van der Waals surface area contributed by atoms with Gasteiger partial charge in [-0.05, 0) is 37.0 Å². The van der Waals surface area contributed by atoms with E-state index in [0.717, 1.165) is 24.1 Å². The van der Waals surface area contributed by atoms with Gasteiger partial charge in [-0.3, -0.25) is 9.79 Å². The van der Waals surface area contributed by atoms with Gasteiger partial charge in [0.05, 0.1) is 18.2 Å². The summed E-state index contributed by atoms with van der Waals surface area (Å²) >= 11 is 0. The van der Waals surface area contributed by atoms with E-state index in [-0.39, 0.29) is 29.8 Å². The fourth-order valence-electron chi connectivity index (χ4n) is 3.10.